The number of hydrogen-bond acceptors (Lipinski definition) is 5. The van der Waals surface area contributed by atoms with Gasteiger partial charge >= 0.3 is 0 Å². The highest BCUT2D eigenvalue weighted by Crippen LogP contribution is 2.28. The molecule has 0 spiro atoms. The van der Waals surface area contributed by atoms with Crippen molar-refractivity contribution in [3.8, 4) is 11.8 Å². The number of allylic oxidation sites excluding steroid dienone is 1. The van der Waals surface area contributed by atoms with Gasteiger partial charge in [0.05, 0.1) is 23.0 Å². The van der Waals surface area contributed by atoms with Crippen LogP contribution in [0.1, 0.15) is 10.6 Å². The normalized spacial score (nSPS) is 11.3. The molecule has 0 aliphatic heterocycles. The minimum Gasteiger partial charge on any atom is -0.495 e. The van der Waals surface area contributed by atoms with Crippen LogP contribution in [0.2, 0.25) is 0 Å². The summed E-state index contributed by atoms with van der Waals surface area (Å²) in [5.74, 6) is 0.730. The summed E-state index contributed by atoms with van der Waals surface area (Å²) in [7, 11) is 1.62. The molecule has 0 aliphatic rings. The van der Waals surface area contributed by atoms with Crippen molar-refractivity contribution in [2.45, 2.75) is 6.92 Å². The number of ether oxygens (including phenoxy) is 1. The van der Waals surface area contributed by atoms with Gasteiger partial charge in [-0.2, -0.15) is 5.26 Å². The molecule has 0 atom stereocenters. The third kappa shape index (κ3) is 3.17. The Kier molecular flexibility index (Phi) is 4.26. The minimum atomic E-state index is 0.495. The van der Waals surface area contributed by atoms with E-state index in [1.807, 2.05) is 49.4 Å². The maximum absolute atomic E-state index is 9.44. The quantitative estimate of drug-likeness (QED) is 0.714. The molecule has 0 aliphatic carbocycles. The van der Waals surface area contributed by atoms with E-state index in [4.69, 9.17) is 4.74 Å². The average Bonchev–Trinajstić information content (AvgIpc) is 2.99. The number of aryl methyl sites for hydroxylation is 1. The second-order valence-corrected chi connectivity index (χ2v) is 6.04. The summed E-state index contributed by atoms with van der Waals surface area (Å²) >= 11 is 1.51. The highest BCUT2D eigenvalue weighted by Gasteiger charge is 2.09. The highest BCUT2D eigenvalue weighted by molar-refractivity contribution is 7.19. The van der Waals surface area contributed by atoms with E-state index >= 15 is 0 Å². The van der Waals surface area contributed by atoms with E-state index in [0.29, 0.717) is 10.6 Å². The summed E-state index contributed by atoms with van der Waals surface area (Å²) < 4.78 is 6.40. The molecule has 23 heavy (non-hydrogen) atoms. The Balaban J connectivity index is 1.93. The number of fused-ring (bicyclic) bond motifs is 1. The van der Waals surface area contributed by atoms with Gasteiger partial charge in [0.1, 0.15) is 22.4 Å². The zero-order valence-corrected chi connectivity index (χ0v) is 13.6. The largest absolute Gasteiger partial charge is 0.495 e. The van der Waals surface area contributed by atoms with Gasteiger partial charge in [0.15, 0.2) is 0 Å². The van der Waals surface area contributed by atoms with E-state index in [-0.39, 0.29) is 0 Å². The van der Waals surface area contributed by atoms with Gasteiger partial charge in [-0.1, -0.05) is 18.2 Å². The predicted molar refractivity (Wildman–Crippen MR) is 94.6 cm³/mol. The molecule has 3 rings (SSSR count). The molecule has 4 nitrogen and oxygen atoms in total. The summed E-state index contributed by atoms with van der Waals surface area (Å²) in [6, 6.07) is 15.9. The number of thiazole rings is 1. The lowest BCUT2D eigenvalue weighted by molar-refractivity contribution is 0.416. The summed E-state index contributed by atoms with van der Waals surface area (Å²) in [6.07, 6.45) is 1.68. The summed E-state index contributed by atoms with van der Waals surface area (Å²) in [6.45, 7) is 2.01. The Morgan fingerprint density at radius 3 is 2.87 bits per heavy atom. The van der Waals surface area contributed by atoms with Gasteiger partial charge in [-0.25, -0.2) is 4.98 Å². The third-order valence-electron chi connectivity index (χ3n) is 3.37. The summed E-state index contributed by atoms with van der Waals surface area (Å²) in [4.78, 5) is 4.51. The van der Waals surface area contributed by atoms with Crippen LogP contribution in [-0.4, -0.2) is 12.1 Å². The van der Waals surface area contributed by atoms with Crippen LogP contribution < -0.4 is 10.1 Å². The van der Waals surface area contributed by atoms with Crippen LogP contribution in [0.5, 0.6) is 5.75 Å². The topological polar surface area (TPSA) is 57.9 Å². The number of anilines is 1. The first kappa shape index (κ1) is 15.1. The van der Waals surface area contributed by atoms with Gasteiger partial charge in [0.2, 0.25) is 0 Å². The Morgan fingerprint density at radius 2 is 2.13 bits per heavy atom. The molecule has 0 saturated heterocycles. The molecular weight excluding hydrogens is 306 g/mol. The SMILES string of the molecule is COc1ccc(C)cc1NC=C(C#N)c1nc2ccccc2s1. The number of hydrogen-bond donors (Lipinski definition) is 1. The maximum atomic E-state index is 9.44. The lowest BCUT2D eigenvalue weighted by Gasteiger charge is -2.09. The van der Waals surface area contributed by atoms with Crippen molar-refractivity contribution in [2.24, 2.45) is 0 Å². The first-order chi connectivity index (χ1) is 11.2. The smallest absolute Gasteiger partial charge is 0.142 e. The van der Waals surface area contributed by atoms with Gasteiger partial charge in [-0.05, 0) is 36.8 Å². The predicted octanol–water partition coefficient (Wildman–Crippen LogP) is 4.59. The molecular formula is C18H15N3OS. The number of aromatic nitrogens is 1. The van der Waals surface area contributed by atoms with Gasteiger partial charge in [-0.3, -0.25) is 0 Å². The highest BCUT2D eigenvalue weighted by atomic mass is 32.1. The standard InChI is InChI=1S/C18H15N3OS/c1-12-7-8-16(22-2)15(9-12)20-11-13(10-19)18-21-14-5-3-4-6-17(14)23-18/h3-9,11,20H,1-2H3. The number of para-hydroxylation sites is 1. The first-order valence-corrected chi connectivity index (χ1v) is 7.90. The van der Waals surface area contributed by atoms with Crippen molar-refractivity contribution in [3.05, 3.63) is 59.2 Å². The second-order valence-electron chi connectivity index (χ2n) is 5.00. The zero-order chi connectivity index (χ0) is 16.2. The lowest BCUT2D eigenvalue weighted by atomic mass is 10.2. The van der Waals surface area contributed by atoms with Crippen LogP contribution in [0.4, 0.5) is 5.69 Å². The molecule has 0 bridgehead atoms. The van der Waals surface area contributed by atoms with Crippen molar-refractivity contribution in [2.75, 3.05) is 12.4 Å². The molecule has 2 aromatic carbocycles. The number of nitrogens with zero attached hydrogens (tertiary/aromatic N) is 2. The molecule has 0 saturated carbocycles. The van der Waals surface area contributed by atoms with Gasteiger partial charge in [-0.15, -0.1) is 11.3 Å². The van der Waals surface area contributed by atoms with E-state index in [2.05, 4.69) is 16.4 Å². The summed E-state index contributed by atoms with van der Waals surface area (Å²) in [5.41, 5.74) is 3.33. The van der Waals surface area contributed by atoms with E-state index in [1.165, 1.54) is 11.3 Å². The molecule has 1 aromatic heterocycles. The van der Waals surface area contributed by atoms with Gasteiger partial charge < -0.3 is 10.1 Å². The van der Waals surface area contributed by atoms with E-state index in [0.717, 1.165) is 27.2 Å². The lowest BCUT2D eigenvalue weighted by Crippen LogP contribution is -1.95. The Hall–Kier alpha value is -2.84. The Bertz CT molecular complexity index is 888. The van der Waals surface area contributed by atoms with Crippen LogP contribution >= 0.6 is 11.3 Å². The molecule has 0 fully saturated rings. The van der Waals surface area contributed by atoms with Crippen LogP contribution in [0, 0.1) is 18.3 Å². The minimum absolute atomic E-state index is 0.495. The number of methoxy groups -OCH3 is 1. The van der Waals surface area contributed by atoms with Crippen molar-refractivity contribution >= 4 is 32.8 Å². The fourth-order valence-corrected chi connectivity index (χ4v) is 3.15. The molecule has 0 radical (unpaired) electrons. The van der Waals surface area contributed by atoms with Gasteiger partial charge in [0, 0.05) is 6.20 Å². The van der Waals surface area contributed by atoms with Crippen molar-refractivity contribution in [1.82, 2.24) is 4.98 Å². The van der Waals surface area contributed by atoms with Gasteiger partial charge in [0.25, 0.3) is 0 Å². The number of nitriles is 1. The Morgan fingerprint density at radius 1 is 1.30 bits per heavy atom. The van der Waals surface area contributed by atoms with Crippen molar-refractivity contribution < 1.29 is 4.74 Å². The molecule has 5 heteroatoms. The average molecular weight is 321 g/mol. The van der Waals surface area contributed by atoms with Crippen LogP contribution in [0.15, 0.2) is 48.7 Å². The number of rotatable bonds is 4. The molecule has 0 amide bonds. The number of benzene rings is 2. The van der Waals surface area contributed by atoms with Crippen molar-refractivity contribution in [1.29, 1.82) is 5.26 Å². The van der Waals surface area contributed by atoms with Crippen molar-refractivity contribution in [3.63, 3.8) is 0 Å². The third-order valence-corrected chi connectivity index (χ3v) is 4.44. The zero-order valence-electron chi connectivity index (χ0n) is 12.8. The fraction of sp³-hybridized carbons (Fsp3) is 0.111. The molecule has 114 valence electrons. The summed E-state index contributed by atoms with van der Waals surface area (Å²) in [5, 5.41) is 13.3. The molecule has 1 N–H and O–H groups in total. The monoisotopic (exact) mass is 321 g/mol. The second kappa shape index (κ2) is 6.51. The van der Waals surface area contributed by atoms with E-state index < -0.39 is 0 Å². The van der Waals surface area contributed by atoms with E-state index in [9.17, 15) is 5.26 Å². The molecule has 0 unspecified atom stereocenters. The first-order valence-electron chi connectivity index (χ1n) is 7.08. The number of nitrogens with one attached hydrogen (secondary N) is 1. The maximum Gasteiger partial charge on any atom is 0.142 e. The Labute approximate surface area is 138 Å². The van der Waals surface area contributed by atoms with Crippen LogP contribution in [0.25, 0.3) is 15.8 Å². The molecule has 1 heterocycles. The van der Waals surface area contributed by atoms with E-state index in [1.54, 1.807) is 13.3 Å². The fourth-order valence-electron chi connectivity index (χ4n) is 2.21. The van der Waals surface area contributed by atoms with Crippen LogP contribution in [0.3, 0.4) is 0 Å². The molecule has 3 aromatic rings. The van der Waals surface area contributed by atoms with Crippen LogP contribution in [-0.2, 0) is 0 Å².